The summed E-state index contributed by atoms with van der Waals surface area (Å²) in [7, 11) is 0. The van der Waals surface area contributed by atoms with E-state index in [0.29, 0.717) is 26.1 Å². The lowest BCUT2D eigenvalue weighted by Crippen LogP contribution is -2.53. The van der Waals surface area contributed by atoms with E-state index in [1.807, 2.05) is 10.3 Å². The van der Waals surface area contributed by atoms with Gasteiger partial charge in [0.15, 0.2) is 0 Å². The number of thiophene rings is 1. The Hall–Kier alpha value is -1.19. The minimum absolute atomic E-state index is 0. The van der Waals surface area contributed by atoms with E-state index >= 15 is 0 Å². The van der Waals surface area contributed by atoms with Crippen molar-refractivity contribution >= 4 is 58.1 Å². The number of hydrogen-bond donors (Lipinski definition) is 2. The Balaban J connectivity index is 0.00000113. The first kappa shape index (κ1) is 20.1. The van der Waals surface area contributed by atoms with E-state index in [-0.39, 0.29) is 36.8 Å². The lowest BCUT2D eigenvalue weighted by molar-refractivity contribution is -0.133. The Kier molecular flexibility index (Phi) is 6.81. The molecule has 138 valence electrons. The highest BCUT2D eigenvalue weighted by atomic mass is 35.5. The number of aliphatic hydroxyl groups is 1. The third-order valence-electron chi connectivity index (χ3n) is 4.54. The summed E-state index contributed by atoms with van der Waals surface area (Å²) in [6.45, 7) is 3.41. The third kappa shape index (κ3) is 3.98. The zero-order valence-electron chi connectivity index (χ0n) is 13.5. The van der Waals surface area contributed by atoms with Crippen molar-refractivity contribution < 1.29 is 9.90 Å². The summed E-state index contributed by atoms with van der Waals surface area (Å²) >= 11 is 1.61. The van der Waals surface area contributed by atoms with Crippen LogP contribution in [-0.2, 0) is 4.79 Å². The maximum atomic E-state index is 12.5. The minimum atomic E-state index is -0.405. The van der Waals surface area contributed by atoms with Crippen LogP contribution in [0.4, 0.5) is 5.82 Å². The maximum Gasteiger partial charge on any atom is 0.239 e. The number of nitrogens with one attached hydrogen (secondary N) is 1. The molecule has 0 radical (unpaired) electrons. The molecule has 2 saturated heterocycles. The molecular formula is C15H21Cl2N5O2S. The molecule has 2 N–H and O–H groups in total. The number of anilines is 1. The lowest BCUT2D eigenvalue weighted by Gasteiger charge is -2.36. The highest BCUT2D eigenvalue weighted by Gasteiger charge is 2.33. The number of aromatic nitrogens is 2. The van der Waals surface area contributed by atoms with E-state index in [4.69, 9.17) is 0 Å². The fourth-order valence-electron chi connectivity index (χ4n) is 3.29. The van der Waals surface area contributed by atoms with Crippen LogP contribution in [0.3, 0.4) is 0 Å². The summed E-state index contributed by atoms with van der Waals surface area (Å²) in [5, 5.41) is 15.8. The van der Waals surface area contributed by atoms with E-state index < -0.39 is 6.10 Å². The molecule has 2 aromatic rings. The van der Waals surface area contributed by atoms with Gasteiger partial charge < -0.3 is 20.2 Å². The van der Waals surface area contributed by atoms with Gasteiger partial charge in [0.2, 0.25) is 5.91 Å². The number of rotatable bonds is 2. The molecule has 1 amide bonds. The minimum Gasteiger partial charge on any atom is -0.392 e. The standard InChI is InChI=1S/C15H19N5O2S.2ClH/c21-10-7-12(16-8-10)15(22)20-4-2-19(3-5-20)13-11-1-6-23-14(11)18-9-17-13;;/h1,6,9-10,12,16,21H,2-5,7-8H2;2*1H. The van der Waals surface area contributed by atoms with E-state index in [9.17, 15) is 9.90 Å². The molecule has 0 aromatic carbocycles. The summed E-state index contributed by atoms with van der Waals surface area (Å²) in [5.74, 6) is 1.06. The Morgan fingerprint density at radius 1 is 1.24 bits per heavy atom. The maximum absolute atomic E-state index is 12.5. The molecule has 2 aromatic heterocycles. The summed E-state index contributed by atoms with van der Waals surface area (Å²) in [6, 6.07) is 1.82. The Morgan fingerprint density at radius 3 is 2.68 bits per heavy atom. The molecule has 2 atom stereocenters. The number of carbonyl (C=O) groups excluding carboxylic acids is 1. The van der Waals surface area contributed by atoms with Crippen LogP contribution < -0.4 is 10.2 Å². The van der Waals surface area contributed by atoms with Crippen molar-refractivity contribution in [2.75, 3.05) is 37.6 Å². The van der Waals surface area contributed by atoms with Gasteiger partial charge in [-0.05, 0) is 17.9 Å². The molecule has 2 aliphatic rings. The molecule has 2 unspecified atom stereocenters. The molecule has 0 bridgehead atoms. The average Bonchev–Trinajstić information content (AvgIpc) is 3.22. The van der Waals surface area contributed by atoms with E-state index in [1.54, 1.807) is 17.7 Å². The second-order valence-corrected chi connectivity index (χ2v) is 6.89. The first-order chi connectivity index (χ1) is 11.2. The first-order valence-electron chi connectivity index (χ1n) is 7.86. The highest BCUT2D eigenvalue weighted by molar-refractivity contribution is 7.16. The summed E-state index contributed by atoms with van der Waals surface area (Å²) < 4.78 is 0. The number of carbonyl (C=O) groups is 1. The molecule has 25 heavy (non-hydrogen) atoms. The monoisotopic (exact) mass is 405 g/mol. The number of aliphatic hydroxyl groups excluding tert-OH is 1. The molecule has 0 saturated carbocycles. The van der Waals surface area contributed by atoms with Crippen LogP contribution in [0.15, 0.2) is 17.8 Å². The topological polar surface area (TPSA) is 81.6 Å². The summed E-state index contributed by atoms with van der Waals surface area (Å²) in [5.41, 5.74) is 0. The van der Waals surface area contributed by atoms with Crippen LogP contribution in [0.25, 0.3) is 10.2 Å². The van der Waals surface area contributed by atoms with Gasteiger partial charge >= 0.3 is 0 Å². The first-order valence-corrected chi connectivity index (χ1v) is 8.74. The highest BCUT2D eigenvalue weighted by Crippen LogP contribution is 2.27. The average molecular weight is 406 g/mol. The van der Waals surface area contributed by atoms with Gasteiger partial charge in [-0.1, -0.05) is 0 Å². The zero-order valence-corrected chi connectivity index (χ0v) is 15.9. The Labute approximate surface area is 162 Å². The van der Waals surface area contributed by atoms with Crippen molar-refractivity contribution in [3.8, 4) is 0 Å². The Morgan fingerprint density at radius 2 is 2.00 bits per heavy atom. The van der Waals surface area contributed by atoms with Gasteiger partial charge in [-0.25, -0.2) is 9.97 Å². The fraction of sp³-hybridized carbons (Fsp3) is 0.533. The smallest absolute Gasteiger partial charge is 0.239 e. The number of amides is 1. The van der Waals surface area contributed by atoms with Crippen molar-refractivity contribution in [2.45, 2.75) is 18.6 Å². The number of nitrogens with zero attached hydrogens (tertiary/aromatic N) is 4. The van der Waals surface area contributed by atoms with Gasteiger partial charge in [0.05, 0.1) is 17.5 Å². The van der Waals surface area contributed by atoms with Gasteiger partial charge in [-0.3, -0.25) is 4.79 Å². The number of fused-ring (bicyclic) bond motifs is 1. The molecule has 2 fully saturated rings. The fourth-order valence-corrected chi connectivity index (χ4v) is 4.02. The van der Waals surface area contributed by atoms with Crippen molar-refractivity contribution in [2.24, 2.45) is 0 Å². The zero-order chi connectivity index (χ0) is 15.8. The van der Waals surface area contributed by atoms with Crippen molar-refractivity contribution in [1.82, 2.24) is 20.2 Å². The molecule has 7 nitrogen and oxygen atoms in total. The normalized spacial score (nSPS) is 23.2. The summed E-state index contributed by atoms with van der Waals surface area (Å²) in [4.78, 5) is 26.3. The van der Waals surface area contributed by atoms with Crippen LogP contribution in [0, 0.1) is 0 Å². The number of hydrogen-bond acceptors (Lipinski definition) is 7. The van der Waals surface area contributed by atoms with E-state index in [0.717, 1.165) is 29.1 Å². The largest absolute Gasteiger partial charge is 0.392 e. The number of halogens is 2. The second kappa shape index (κ2) is 8.46. The predicted octanol–water partition coefficient (Wildman–Crippen LogP) is 0.906. The molecule has 0 aliphatic carbocycles. The molecular weight excluding hydrogens is 385 g/mol. The van der Waals surface area contributed by atoms with Crippen molar-refractivity contribution in [3.63, 3.8) is 0 Å². The number of piperazine rings is 1. The Bertz CT molecular complexity index is 723. The molecule has 0 spiro atoms. The van der Waals surface area contributed by atoms with Crippen LogP contribution in [0.5, 0.6) is 0 Å². The van der Waals surface area contributed by atoms with Crippen molar-refractivity contribution in [1.29, 1.82) is 0 Å². The lowest BCUT2D eigenvalue weighted by atomic mass is 10.1. The van der Waals surface area contributed by atoms with Gasteiger partial charge in [-0.2, -0.15) is 0 Å². The van der Waals surface area contributed by atoms with Crippen LogP contribution >= 0.6 is 36.2 Å². The van der Waals surface area contributed by atoms with Crippen molar-refractivity contribution in [3.05, 3.63) is 17.8 Å². The molecule has 10 heteroatoms. The van der Waals surface area contributed by atoms with Crippen LogP contribution in [0.1, 0.15) is 6.42 Å². The SMILES string of the molecule is Cl.Cl.O=C(C1CC(O)CN1)N1CCN(c2ncnc3sccc23)CC1. The second-order valence-electron chi connectivity index (χ2n) is 6.00. The number of β-amino-alcohol motifs (C(OH)–C–C–N with tert-alkyl or cyclic N) is 1. The van der Waals surface area contributed by atoms with Gasteiger partial charge in [-0.15, -0.1) is 36.2 Å². The van der Waals surface area contributed by atoms with Gasteiger partial charge in [0, 0.05) is 32.7 Å². The predicted molar refractivity (Wildman–Crippen MR) is 103 cm³/mol. The van der Waals surface area contributed by atoms with E-state index in [2.05, 4.69) is 26.3 Å². The van der Waals surface area contributed by atoms with Gasteiger partial charge in [0.1, 0.15) is 17.0 Å². The quantitative estimate of drug-likeness (QED) is 0.772. The molecule has 4 heterocycles. The van der Waals surface area contributed by atoms with Gasteiger partial charge in [0.25, 0.3) is 0 Å². The third-order valence-corrected chi connectivity index (χ3v) is 5.36. The molecule has 4 rings (SSSR count). The van der Waals surface area contributed by atoms with E-state index in [1.165, 1.54) is 0 Å². The van der Waals surface area contributed by atoms with Crippen LogP contribution in [0.2, 0.25) is 0 Å². The summed E-state index contributed by atoms with van der Waals surface area (Å²) in [6.07, 6.45) is 1.72. The molecule has 2 aliphatic heterocycles. The van der Waals surface area contributed by atoms with Crippen LogP contribution in [-0.4, -0.2) is 70.8 Å².